The zero-order chi connectivity index (χ0) is 13.3. The van der Waals surface area contributed by atoms with Gasteiger partial charge in [0.1, 0.15) is 16.3 Å². The van der Waals surface area contributed by atoms with Crippen molar-refractivity contribution in [2.24, 2.45) is 0 Å². The number of hydrogen-bond donors (Lipinski definition) is 0. The standard InChI is InChI=1S/C14H25NSi2/c1-8-17(6,7)14-11-9-10-13(12-14)15(2)16(3,4)5/h8-12H,1H2,2-7H3. The summed E-state index contributed by atoms with van der Waals surface area (Å²) in [6, 6.07) is 9.00. The maximum absolute atomic E-state index is 3.99. The van der Waals surface area contributed by atoms with Crippen molar-refractivity contribution in [3.05, 3.63) is 36.5 Å². The van der Waals surface area contributed by atoms with E-state index >= 15 is 0 Å². The van der Waals surface area contributed by atoms with Crippen LogP contribution in [0.4, 0.5) is 5.69 Å². The van der Waals surface area contributed by atoms with Gasteiger partial charge in [0, 0.05) is 5.69 Å². The monoisotopic (exact) mass is 263 g/mol. The van der Waals surface area contributed by atoms with Crippen LogP contribution in [0.15, 0.2) is 36.5 Å². The first kappa shape index (κ1) is 14.3. The molecular formula is C14H25NSi2. The van der Waals surface area contributed by atoms with Gasteiger partial charge in [-0.2, -0.15) is 0 Å². The summed E-state index contributed by atoms with van der Waals surface area (Å²) in [5.74, 6) is 0. The first-order valence-electron chi connectivity index (χ1n) is 6.16. The topological polar surface area (TPSA) is 3.24 Å². The maximum Gasteiger partial charge on any atom is 0.147 e. The minimum Gasteiger partial charge on any atom is -0.401 e. The summed E-state index contributed by atoms with van der Waals surface area (Å²) in [6.45, 7) is 15.8. The van der Waals surface area contributed by atoms with E-state index in [0.29, 0.717) is 0 Å². The van der Waals surface area contributed by atoms with E-state index in [1.165, 1.54) is 10.9 Å². The molecule has 0 aromatic heterocycles. The molecular weight excluding hydrogens is 238 g/mol. The normalized spacial score (nSPS) is 12.4. The third-order valence-electron chi connectivity index (χ3n) is 3.49. The molecule has 0 fully saturated rings. The molecule has 1 nitrogen and oxygen atoms in total. The zero-order valence-electron chi connectivity index (χ0n) is 12.0. The van der Waals surface area contributed by atoms with E-state index in [-0.39, 0.29) is 0 Å². The zero-order valence-corrected chi connectivity index (χ0v) is 14.0. The minimum atomic E-state index is -1.44. The molecule has 0 radical (unpaired) electrons. The molecule has 1 aromatic carbocycles. The van der Waals surface area contributed by atoms with Gasteiger partial charge in [-0.3, -0.25) is 0 Å². The number of hydrogen-bond acceptors (Lipinski definition) is 1. The average Bonchev–Trinajstić information content (AvgIpc) is 2.27. The van der Waals surface area contributed by atoms with Crippen LogP contribution in [-0.2, 0) is 0 Å². The Bertz CT molecular complexity index is 405. The minimum absolute atomic E-state index is 1.27. The van der Waals surface area contributed by atoms with Gasteiger partial charge in [-0.1, -0.05) is 55.8 Å². The fraction of sp³-hybridized carbons (Fsp3) is 0.429. The highest BCUT2D eigenvalue weighted by molar-refractivity contribution is 6.94. The molecule has 0 amide bonds. The van der Waals surface area contributed by atoms with E-state index in [9.17, 15) is 0 Å². The molecule has 0 N–H and O–H groups in total. The second kappa shape index (κ2) is 4.82. The van der Waals surface area contributed by atoms with Crippen molar-refractivity contribution in [1.82, 2.24) is 0 Å². The first-order valence-corrected chi connectivity index (χ1v) is 12.7. The third kappa shape index (κ3) is 3.33. The van der Waals surface area contributed by atoms with Gasteiger partial charge in [0.2, 0.25) is 0 Å². The number of benzene rings is 1. The van der Waals surface area contributed by atoms with Crippen LogP contribution >= 0.6 is 0 Å². The highest BCUT2D eigenvalue weighted by atomic mass is 28.3. The Morgan fingerprint density at radius 1 is 1.12 bits per heavy atom. The van der Waals surface area contributed by atoms with Crippen LogP contribution in [0, 0.1) is 0 Å². The van der Waals surface area contributed by atoms with Gasteiger partial charge in [-0.05, 0) is 19.2 Å². The summed E-state index contributed by atoms with van der Waals surface area (Å²) < 4.78 is 2.46. The van der Waals surface area contributed by atoms with E-state index in [2.05, 4.69) is 80.9 Å². The van der Waals surface area contributed by atoms with Crippen LogP contribution in [0.25, 0.3) is 0 Å². The van der Waals surface area contributed by atoms with Crippen LogP contribution in [0.3, 0.4) is 0 Å². The molecule has 0 bridgehead atoms. The molecule has 1 rings (SSSR count). The van der Waals surface area contributed by atoms with E-state index in [4.69, 9.17) is 0 Å². The van der Waals surface area contributed by atoms with Gasteiger partial charge in [-0.15, -0.1) is 6.58 Å². The summed E-state index contributed by atoms with van der Waals surface area (Å²) in [6.07, 6.45) is 0. The van der Waals surface area contributed by atoms with E-state index in [1.807, 2.05) is 0 Å². The van der Waals surface area contributed by atoms with E-state index in [1.54, 1.807) is 0 Å². The van der Waals surface area contributed by atoms with Gasteiger partial charge < -0.3 is 4.57 Å². The molecule has 0 spiro atoms. The molecule has 0 aliphatic rings. The van der Waals surface area contributed by atoms with E-state index in [0.717, 1.165) is 0 Å². The summed E-state index contributed by atoms with van der Waals surface area (Å²) >= 11 is 0. The Labute approximate surface area is 108 Å². The van der Waals surface area contributed by atoms with Crippen LogP contribution < -0.4 is 9.75 Å². The Hall–Kier alpha value is -0.806. The Morgan fingerprint density at radius 2 is 1.71 bits per heavy atom. The van der Waals surface area contributed by atoms with Crippen molar-refractivity contribution in [3.8, 4) is 0 Å². The molecule has 0 unspecified atom stereocenters. The molecule has 0 saturated heterocycles. The highest BCUT2D eigenvalue weighted by Gasteiger charge is 2.23. The quantitative estimate of drug-likeness (QED) is 0.750. The van der Waals surface area contributed by atoms with Crippen LogP contribution in [0.1, 0.15) is 0 Å². The van der Waals surface area contributed by atoms with Crippen molar-refractivity contribution in [3.63, 3.8) is 0 Å². The largest absolute Gasteiger partial charge is 0.401 e. The lowest BCUT2D eigenvalue weighted by Crippen LogP contribution is -2.45. The molecule has 1 aromatic rings. The fourth-order valence-electron chi connectivity index (χ4n) is 1.62. The third-order valence-corrected chi connectivity index (χ3v) is 8.58. The Morgan fingerprint density at radius 3 is 2.18 bits per heavy atom. The summed E-state index contributed by atoms with van der Waals surface area (Å²) in [5.41, 5.74) is 3.50. The van der Waals surface area contributed by atoms with Crippen molar-refractivity contribution in [2.45, 2.75) is 32.7 Å². The van der Waals surface area contributed by atoms with Crippen LogP contribution in [0.2, 0.25) is 32.7 Å². The van der Waals surface area contributed by atoms with Crippen molar-refractivity contribution >= 4 is 27.2 Å². The molecule has 17 heavy (non-hydrogen) atoms. The summed E-state index contributed by atoms with van der Waals surface area (Å²) in [5, 5.41) is 1.47. The predicted octanol–water partition coefficient (Wildman–Crippen LogP) is 3.60. The Balaban J connectivity index is 3.14. The lowest BCUT2D eigenvalue weighted by molar-refractivity contribution is 1.25. The fourth-order valence-corrected chi connectivity index (χ4v) is 3.82. The lowest BCUT2D eigenvalue weighted by Gasteiger charge is -2.33. The Kier molecular flexibility index (Phi) is 4.04. The highest BCUT2D eigenvalue weighted by Crippen LogP contribution is 2.19. The second-order valence-corrected chi connectivity index (χ2v) is 15.6. The second-order valence-electron chi connectivity index (χ2n) is 6.21. The van der Waals surface area contributed by atoms with Crippen molar-refractivity contribution in [1.29, 1.82) is 0 Å². The first-order chi connectivity index (χ1) is 7.68. The average molecular weight is 264 g/mol. The molecule has 0 heterocycles. The molecule has 3 heteroatoms. The van der Waals surface area contributed by atoms with Gasteiger partial charge in [-0.25, -0.2) is 0 Å². The SMILES string of the molecule is C=C[Si](C)(C)c1cccc(N(C)[Si](C)(C)C)c1. The maximum atomic E-state index is 3.99. The van der Waals surface area contributed by atoms with E-state index < -0.39 is 16.3 Å². The molecule has 0 aliphatic carbocycles. The molecule has 94 valence electrons. The molecule has 0 atom stereocenters. The number of nitrogens with zero attached hydrogens (tertiary/aromatic N) is 1. The van der Waals surface area contributed by atoms with Gasteiger partial charge in [0.05, 0.1) is 0 Å². The van der Waals surface area contributed by atoms with Crippen LogP contribution in [0.5, 0.6) is 0 Å². The molecule has 0 saturated carbocycles. The van der Waals surface area contributed by atoms with Crippen LogP contribution in [-0.4, -0.2) is 23.4 Å². The summed E-state index contributed by atoms with van der Waals surface area (Å²) in [7, 11) is -0.492. The van der Waals surface area contributed by atoms with Gasteiger partial charge in [0.15, 0.2) is 0 Å². The van der Waals surface area contributed by atoms with Crippen molar-refractivity contribution < 1.29 is 0 Å². The van der Waals surface area contributed by atoms with Gasteiger partial charge >= 0.3 is 0 Å². The summed E-state index contributed by atoms with van der Waals surface area (Å²) in [4.78, 5) is 0. The molecule has 0 aliphatic heterocycles. The number of rotatable bonds is 4. The lowest BCUT2D eigenvalue weighted by atomic mass is 10.3. The van der Waals surface area contributed by atoms with Crippen molar-refractivity contribution in [2.75, 3.05) is 11.6 Å². The number of anilines is 1. The predicted molar refractivity (Wildman–Crippen MR) is 85.5 cm³/mol. The smallest absolute Gasteiger partial charge is 0.147 e. The van der Waals surface area contributed by atoms with Gasteiger partial charge in [0.25, 0.3) is 0 Å².